The van der Waals surface area contributed by atoms with Gasteiger partial charge in [0.05, 0.1) is 24.0 Å². The van der Waals surface area contributed by atoms with E-state index < -0.39 is 16.9 Å². The minimum Gasteiger partial charge on any atom is -0.352 e. The highest BCUT2D eigenvalue weighted by Crippen LogP contribution is 2.32. The van der Waals surface area contributed by atoms with Gasteiger partial charge in [-0.3, -0.25) is 18.7 Å². The van der Waals surface area contributed by atoms with E-state index in [9.17, 15) is 13.8 Å². The number of anilines is 4. The number of hydroxylamine groups is 1. The van der Waals surface area contributed by atoms with Gasteiger partial charge in [0, 0.05) is 37.7 Å². The molecular weight excluding hydrogens is 396 g/mol. The minimum absolute atomic E-state index is 0.0165. The number of carbonyl (C=O) groups is 2. The summed E-state index contributed by atoms with van der Waals surface area (Å²) in [5.74, 6) is 0.159. The zero-order valence-corrected chi connectivity index (χ0v) is 17.1. The molecule has 0 aromatic carbocycles. The van der Waals surface area contributed by atoms with Crippen molar-refractivity contribution in [2.45, 2.75) is 12.8 Å². The van der Waals surface area contributed by atoms with E-state index in [1.54, 1.807) is 31.4 Å². The van der Waals surface area contributed by atoms with Gasteiger partial charge in [0.15, 0.2) is 5.82 Å². The predicted molar refractivity (Wildman–Crippen MR) is 110 cm³/mol. The fourth-order valence-electron chi connectivity index (χ4n) is 2.54. The summed E-state index contributed by atoms with van der Waals surface area (Å²) in [7, 11) is 1.68. The number of hydrogen-bond donors (Lipinski definition) is 3. The van der Waals surface area contributed by atoms with Crippen molar-refractivity contribution in [3.05, 3.63) is 36.2 Å². The molecule has 11 heteroatoms. The maximum Gasteiger partial charge on any atom is 0.278 e. The lowest BCUT2D eigenvalue weighted by Gasteiger charge is -2.20. The van der Waals surface area contributed by atoms with Crippen molar-refractivity contribution in [2.24, 2.45) is 5.92 Å². The van der Waals surface area contributed by atoms with Crippen LogP contribution < -0.4 is 20.4 Å². The number of amides is 2. The summed E-state index contributed by atoms with van der Waals surface area (Å²) >= 11 is 0. The quantitative estimate of drug-likeness (QED) is 0.556. The summed E-state index contributed by atoms with van der Waals surface area (Å²) in [6, 6.07) is 5.02. The number of pyridine rings is 2. The van der Waals surface area contributed by atoms with Crippen LogP contribution in [0.4, 0.5) is 23.0 Å². The summed E-state index contributed by atoms with van der Waals surface area (Å²) < 4.78 is 13.4. The highest BCUT2D eigenvalue weighted by molar-refractivity contribution is 7.85. The summed E-state index contributed by atoms with van der Waals surface area (Å²) in [6.07, 6.45) is 6.19. The zero-order chi connectivity index (χ0) is 21.0. The second kappa shape index (κ2) is 8.97. The van der Waals surface area contributed by atoms with E-state index in [-0.39, 0.29) is 17.4 Å². The molecule has 2 heterocycles. The monoisotopic (exact) mass is 418 g/mol. The van der Waals surface area contributed by atoms with E-state index in [1.807, 2.05) is 0 Å². The summed E-state index contributed by atoms with van der Waals surface area (Å²) in [6.45, 7) is 0. The molecule has 1 atom stereocenters. The van der Waals surface area contributed by atoms with Crippen LogP contribution in [0.2, 0.25) is 0 Å². The SMILES string of the molecule is CONC(=O)c1cnc(NC(=O)C2CC2)cc1Nc1cccnc1N(C)S(C)=O. The van der Waals surface area contributed by atoms with E-state index in [0.717, 1.165) is 12.8 Å². The van der Waals surface area contributed by atoms with Gasteiger partial charge in [-0.05, 0) is 25.0 Å². The maximum atomic E-state index is 12.4. The molecule has 0 spiro atoms. The summed E-state index contributed by atoms with van der Waals surface area (Å²) in [4.78, 5) is 37.6. The second-order valence-corrected chi connectivity index (χ2v) is 7.83. The number of carbonyl (C=O) groups excluding carboxylic acids is 2. The highest BCUT2D eigenvalue weighted by atomic mass is 32.2. The maximum absolute atomic E-state index is 12.4. The van der Waals surface area contributed by atoms with E-state index in [1.165, 1.54) is 23.9 Å². The molecule has 1 aliphatic carbocycles. The Kier molecular flexibility index (Phi) is 6.39. The van der Waals surface area contributed by atoms with Gasteiger partial charge < -0.3 is 10.6 Å². The molecule has 1 saturated carbocycles. The van der Waals surface area contributed by atoms with Gasteiger partial charge >= 0.3 is 0 Å². The first-order valence-corrected chi connectivity index (χ1v) is 10.4. The van der Waals surface area contributed by atoms with Crippen molar-refractivity contribution in [2.75, 3.05) is 35.4 Å². The average Bonchev–Trinajstić information content (AvgIpc) is 3.53. The molecule has 3 N–H and O–H groups in total. The molecule has 2 aromatic rings. The molecule has 0 bridgehead atoms. The average molecular weight is 418 g/mol. The number of aromatic nitrogens is 2. The molecule has 2 amide bonds. The van der Waals surface area contributed by atoms with Crippen LogP contribution in [0.15, 0.2) is 30.6 Å². The van der Waals surface area contributed by atoms with Crippen LogP contribution in [-0.4, -0.2) is 46.4 Å². The molecule has 3 rings (SSSR count). The Morgan fingerprint density at radius 1 is 1.28 bits per heavy atom. The normalized spacial score (nSPS) is 14.0. The van der Waals surface area contributed by atoms with Crippen LogP contribution in [0.1, 0.15) is 23.2 Å². The van der Waals surface area contributed by atoms with Crippen molar-refractivity contribution >= 4 is 45.8 Å². The van der Waals surface area contributed by atoms with Gasteiger partial charge in [0.1, 0.15) is 16.8 Å². The number of nitrogens with one attached hydrogen (secondary N) is 3. The summed E-state index contributed by atoms with van der Waals surface area (Å²) in [5.41, 5.74) is 3.36. The van der Waals surface area contributed by atoms with E-state index >= 15 is 0 Å². The Morgan fingerprint density at radius 2 is 2.03 bits per heavy atom. The van der Waals surface area contributed by atoms with Gasteiger partial charge in [-0.1, -0.05) is 0 Å². The lowest BCUT2D eigenvalue weighted by molar-refractivity contribution is -0.117. The number of nitrogens with zero attached hydrogens (tertiary/aromatic N) is 3. The van der Waals surface area contributed by atoms with Gasteiger partial charge in [-0.15, -0.1) is 0 Å². The van der Waals surface area contributed by atoms with Crippen LogP contribution in [0.25, 0.3) is 0 Å². The minimum atomic E-state index is -1.30. The summed E-state index contributed by atoms with van der Waals surface area (Å²) in [5, 5.41) is 5.88. The molecule has 1 unspecified atom stereocenters. The van der Waals surface area contributed by atoms with Crippen LogP contribution in [0.3, 0.4) is 0 Å². The first-order chi connectivity index (χ1) is 13.9. The van der Waals surface area contributed by atoms with E-state index in [2.05, 4.69) is 26.1 Å². The van der Waals surface area contributed by atoms with Gasteiger partial charge in [0.2, 0.25) is 5.91 Å². The number of hydrogen-bond acceptors (Lipinski definition) is 7. The third-order valence-corrected chi connectivity index (χ3v) is 5.23. The molecule has 1 fully saturated rings. The van der Waals surface area contributed by atoms with Crippen molar-refractivity contribution in [3.8, 4) is 0 Å². The largest absolute Gasteiger partial charge is 0.352 e. The van der Waals surface area contributed by atoms with Crippen molar-refractivity contribution in [1.29, 1.82) is 0 Å². The van der Waals surface area contributed by atoms with Crippen molar-refractivity contribution < 1.29 is 18.6 Å². The Hall–Kier alpha value is -3.05. The van der Waals surface area contributed by atoms with Crippen LogP contribution in [0.5, 0.6) is 0 Å². The molecule has 0 radical (unpaired) electrons. The first kappa shape index (κ1) is 20.7. The standard InChI is InChI=1S/C18H22N6O4S/c1-24(29(3)27)16-13(5-4-8-19-16)21-14-9-15(22-17(25)11-6-7-11)20-10-12(14)18(26)23-28-2/h4-5,8-11H,6-7H2,1-3H3,(H,23,26)(H2,20,21,22,25). The van der Waals surface area contributed by atoms with E-state index in [4.69, 9.17) is 4.84 Å². The van der Waals surface area contributed by atoms with Crippen molar-refractivity contribution in [1.82, 2.24) is 15.4 Å². The van der Waals surface area contributed by atoms with E-state index in [0.29, 0.717) is 23.0 Å². The Balaban J connectivity index is 1.96. The molecule has 10 nitrogen and oxygen atoms in total. The van der Waals surface area contributed by atoms with Gasteiger partial charge in [-0.25, -0.2) is 19.7 Å². The topological polar surface area (TPSA) is 126 Å². The Morgan fingerprint density at radius 3 is 2.69 bits per heavy atom. The Bertz CT molecular complexity index is 950. The van der Waals surface area contributed by atoms with Crippen LogP contribution in [-0.2, 0) is 20.6 Å². The number of rotatable bonds is 8. The molecule has 1 aliphatic rings. The smallest absolute Gasteiger partial charge is 0.278 e. The lowest BCUT2D eigenvalue weighted by Crippen LogP contribution is -2.24. The molecule has 0 saturated heterocycles. The van der Waals surface area contributed by atoms with Crippen molar-refractivity contribution in [3.63, 3.8) is 0 Å². The molecule has 154 valence electrons. The lowest BCUT2D eigenvalue weighted by atomic mass is 10.2. The van der Waals surface area contributed by atoms with Crippen LogP contribution >= 0.6 is 0 Å². The van der Waals surface area contributed by atoms with Gasteiger partial charge in [-0.2, -0.15) is 0 Å². The first-order valence-electron chi connectivity index (χ1n) is 8.84. The molecular formula is C18H22N6O4S. The molecule has 0 aliphatic heterocycles. The fraction of sp³-hybridized carbons (Fsp3) is 0.333. The van der Waals surface area contributed by atoms with Gasteiger partial charge in [0.25, 0.3) is 5.91 Å². The highest BCUT2D eigenvalue weighted by Gasteiger charge is 2.30. The molecule has 29 heavy (non-hydrogen) atoms. The van der Waals surface area contributed by atoms with Crippen LogP contribution in [0, 0.1) is 5.92 Å². The fourth-order valence-corrected chi connectivity index (χ4v) is 2.93. The second-order valence-electron chi connectivity index (χ2n) is 6.43. The third kappa shape index (κ3) is 5.06. The third-order valence-electron chi connectivity index (χ3n) is 4.28. The predicted octanol–water partition coefficient (Wildman–Crippen LogP) is 1.59. The molecule has 2 aromatic heterocycles. The Labute approximate surface area is 170 Å². The zero-order valence-electron chi connectivity index (χ0n) is 16.3.